The average molecular weight is 208 g/mol. The van der Waals surface area contributed by atoms with E-state index in [0.29, 0.717) is 11.3 Å². The Hall–Kier alpha value is -1.84. The number of carbonyl (C=O) groups excluding carboxylic acids is 2. The fourth-order valence-electron chi connectivity index (χ4n) is 1.03. The zero-order valence-electron chi connectivity index (χ0n) is 8.65. The molecule has 0 saturated heterocycles. The maximum absolute atomic E-state index is 11.4. The molecule has 0 unspecified atom stereocenters. The lowest BCUT2D eigenvalue weighted by Gasteiger charge is -2.03. The Morgan fingerprint density at radius 1 is 1.20 bits per heavy atom. The van der Waals surface area contributed by atoms with Gasteiger partial charge in [0.2, 0.25) is 0 Å². The number of Topliss-reactive ketones (excluding diaryl/α,β-unsaturated/α-hetero) is 1. The number of hydrogen-bond donors (Lipinski definition) is 0. The summed E-state index contributed by atoms with van der Waals surface area (Å²) in [5.41, 5.74) is 0.497. The second-order valence-corrected chi connectivity index (χ2v) is 2.93. The molecule has 0 fully saturated rings. The molecule has 1 rings (SSSR count). The third-order valence-corrected chi connectivity index (χ3v) is 1.82. The molecule has 0 atom stereocenters. The third-order valence-electron chi connectivity index (χ3n) is 1.82. The van der Waals surface area contributed by atoms with Crippen LogP contribution in [0.1, 0.15) is 17.3 Å². The second-order valence-electron chi connectivity index (χ2n) is 2.93. The van der Waals surface area contributed by atoms with Crippen LogP contribution in [0.4, 0.5) is 0 Å². The Morgan fingerprint density at radius 2 is 1.80 bits per heavy atom. The molecule has 80 valence electrons. The smallest absolute Gasteiger partial charge is 0.303 e. The summed E-state index contributed by atoms with van der Waals surface area (Å²) in [7, 11) is 1.55. The van der Waals surface area contributed by atoms with Crippen LogP contribution in [-0.4, -0.2) is 25.5 Å². The molecular weight excluding hydrogens is 196 g/mol. The van der Waals surface area contributed by atoms with Gasteiger partial charge in [0.15, 0.2) is 12.4 Å². The first kappa shape index (κ1) is 11.2. The summed E-state index contributed by atoms with van der Waals surface area (Å²) in [5, 5.41) is 0. The van der Waals surface area contributed by atoms with Crippen LogP contribution in [0.25, 0.3) is 0 Å². The summed E-state index contributed by atoms with van der Waals surface area (Å²) < 4.78 is 9.55. The quantitative estimate of drug-likeness (QED) is 0.555. The number of hydrogen-bond acceptors (Lipinski definition) is 4. The molecule has 1 aromatic carbocycles. The Morgan fingerprint density at radius 3 is 2.27 bits per heavy atom. The first-order valence-electron chi connectivity index (χ1n) is 4.44. The molecule has 0 bridgehead atoms. The SMILES string of the molecule is COc1ccc(C(=O)COC(C)=O)cc1. The van der Waals surface area contributed by atoms with Crippen molar-refractivity contribution < 1.29 is 19.1 Å². The molecule has 0 radical (unpaired) electrons. The van der Waals surface area contributed by atoms with E-state index >= 15 is 0 Å². The van der Waals surface area contributed by atoms with Crippen LogP contribution in [0.3, 0.4) is 0 Å². The molecule has 0 N–H and O–H groups in total. The number of benzene rings is 1. The first-order chi connectivity index (χ1) is 7.13. The van der Waals surface area contributed by atoms with Crippen molar-refractivity contribution in [2.75, 3.05) is 13.7 Å². The van der Waals surface area contributed by atoms with Gasteiger partial charge in [0, 0.05) is 12.5 Å². The highest BCUT2D eigenvalue weighted by Gasteiger charge is 2.07. The number of carbonyl (C=O) groups is 2. The molecular formula is C11H12O4. The largest absolute Gasteiger partial charge is 0.497 e. The molecule has 0 spiro atoms. The van der Waals surface area contributed by atoms with Gasteiger partial charge in [-0.2, -0.15) is 0 Å². The summed E-state index contributed by atoms with van der Waals surface area (Å²) in [4.78, 5) is 21.9. The molecule has 0 aromatic heterocycles. The van der Waals surface area contributed by atoms with Crippen molar-refractivity contribution in [3.63, 3.8) is 0 Å². The van der Waals surface area contributed by atoms with Gasteiger partial charge in [-0.25, -0.2) is 0 Å². The summed E-state index contributed by atoms with van der Waals surface area (Å²) in [5.74, 6) is -0.0104. The first-order valence-corrected chi connectivity index (χ1v) is 4.44. The number of esters is 1. The number of ketones is 1. The van der Waals surface area contributed by atoms with Crippen LogP contribution in [0, 0.1) is 0 Å². The van der Waals surface area contributed by atoms with Crippen LogP contribution < -0.4 is 4.74 Å². The lowest BCUT2D eigenvalue weighted by atomic mass is 10.1. The second kappa shape index (κ2) is 5.14. The van der Waals surface area contributed by atoms with Crippen molar-refractivity contribution in [2.45, 2.75) is 6.92 Å². The highest BCUT2D eigenvalue weighted by molar-refractivity contribution is 5.97. The predicted octanol–water partition coefficient (Wildman–Crippen LogP) is 1.44. The van der Waals surface area contributed by atoms with E-state index in [1.165, 1.54) is 6.92 Å². The Kier molecular flexibility index (Phi) is 3.85. The summed E-state index contributed by atoms with van der Waals surface area (Å²) in [6.07, 6.45) is 0. The Labute approximate surface area is 87.8 Å². The van der Waals surface area contributed by atoms with E-state index in [0.717, 1.165) is 0 Å². The van der Waals surface area contributed by atoms with E-state index in [1.54, 1.807) is 31.4 Å². The van der Waals surface area contributed by atoms with Crippen LogP contribution >= 0.6 is 0 Å². The topological polar surface area (TPSA) is 52.6 Å². The van der Waals surface area contributed by atoms with Crippen molar-refractivity contribution in [1.82, 2.24) is 0 Å². The van der Waals surface area contributed by atoms with E-state index in [2.05, 4.69) is 4.74 Å². The van der Waals surface area contributed by atoms with E-state index < -0.39 is 5.97 Å². The zero-order valence-corrected chi connectivity index (χ0v) is 8.65. The van der Waals surface area contributed by atoms with Gasteiger partial charge in [-0.3, -0.25) is 9.59 Å². The molecule has 4 heteroatoms. The Bertz CT molecular complexity index is 353. The van der Waals surface area contributed by atoms with Gasteiger partial charge in [-0.1, -0.05) is 0 Å². The fourth-order valence-corrected chi connectivity index (χ4v) is 1.03. The van der Waals surface area contributed by atoms with Gasteiger partial charge in [0.05, 0.1) is 7.11 Å². The molecule has 4 nitrogen and oxygen atoms in total. The molecule has 0 aliphatic carbocycles. The van der Waals surface area contributed by atoms with Crippen molar-refractivity contribution in [1.29, 1.82) is 0 Å². The van der Waals surface area contributed by atoms with Crippen molar-refractivity contribution in [3.05, 3.63) is 29.8 Å². The molecule has 0 saturated carbocycles. The lowest BCUT2D eigenvalue weighted by Crippen LogP contribution is -2.11. The standard InChI is InChI=1S/C11H12O4/c1-8(12)15-7-11(13)9-3-5-10(14-2)6-4-9/h3-6H,7H2,1-2H3. The number of methoxy groups -OCH3 is 1. The minimum atomic E-state index is -0.461. The zero-order chi connectivity index (χ0) is 11.3. The van der Waals surface area contributed by atoms with Gasteiger partial charge >= 0.3 is 5.97 Å². The molecule has 0 aliphatic rings. The molecule has 0 heterocycles. The molecule has 15 heavy (non-hydrogen) atoms. The van der Waals surface area contributed by atoms with E-state index in [9.17, 15) is 9.59 Å². The molecule has 0 amide bonds. The van der Waals surface area contributed by atoms with E-state index in [4.69, 9.17) is 4.74 Å². The van der Waals surface area contributed by atoms with Gasteiger partial charge < -0.3 is 9.47 Å². The summed E-state index contributed by atoms with van der Waals surface area (Å²) >= 11 is 0. The van der Waals surface area contributed by atoms with Crippen molar-refractivity contribution in [2.24, 2.45) is 0 Å². The summed E-state index contributed by atoms with van der Waals surface area (Å²) in [6, 6.07) is 6.62. The van der Waals surface area contributed by atoms with Crippen LogP contribution in [-0.2, 0) is 9.53 Å². The van der Waals surface area contributed by atoms with Crippen molar-refractivity contribution >= 4 is 11.8 Å². The highest BCUT2D eigenvalue weighted by atomic mass is 16.5. The van der Waals surface area contributed by atoms with Gasteiger partial charge in [-0.15, -0.1) is 0 Å². The highest BCUT2D eigenvalue weighted by Crippen LogP contribution is 2.11. The Balaban J connectivity index is 2.62. The average Bonchev–Trinajstić information content (AvgIpc) is 2.26. The molecule has 0 aliphatic heterocycles. The van der Waals surface area contributed by atoms with Crippen LogP contribution in [0.5, 0.6) is 5.75 Å². The van der Waals surface area contributed by atoms with Crippen molar-refractivity contribution in [3.8, 4) is 5.75 Å². The number of rotatable bonds is 4. The van der Waals surface area contributed by atoms with E-state index in [-0.39, 0.29) is 12.4 Å². The third kappa shape index (κ3) is 3.42. The van der Waals surface area contributed by atoms with E-state index in [1.807, 2.05) is 0 Å². The summed E-state index contributed by atoms with van der Waals surface area (Å²) in [6.45, 7) is 1.04. The van der Waals surface area contributed by atoms with Gasteiger partial charge in [-0.05, 0) is 24.3 Å². The maximum atomic E-state index is 11.4. The minimum absolute atomic E-state index is 0.221. The van der Waals surface area contributed by atoms with Crippen LogP contribution in [0.2, 0.25) is 0 Å². The monoisotopic (exact) mass is 208 g/mol. The predicted molar refractivity (Wildman–Crippen MR) is 54.0 cm³/mol. The lowest BCUT2D eigenvalue weighted by molar-refractivity contribution is -0.139. The van der Waals surface area contributed by atoms with Gasteiger partial charge in [0.25, 0.3) is 0 Å². The maximum Gasteiger partial charge on any atom is 0.303 e. The molecule has 1 aromatic rings. The normalized spacial score (nSPS) is 9.47. The minimum Gasteiger partial charge on any atom is -0.497 e. The van der Waals surface area contributed by atoms with Crippen LogP contribution in [0.15, 0.2) is 24.3 Å². The van der Waals surface area contributed by atoms with Gasteiger partial charge in [0.1, 0.15) is 5.75 Å². The fraction of sp³-hybridized carbons (Fsp3) is 0.273. The number of ether oxygens (including phenoxy) is 2.